The summed E-state index contributed by atoms with van der Waals surface area (Å²) in [5, 5.41) is 0. The topological polar surface area (TPSA) is 17.1 Å². The second kappa shape index (κ2) is 5.84. The van der Waals surface area contributed by atoms with Gasteiger partial charge in [0.25, 0.3) is 0 Å². The highest BCUT2D eigenvalue weighted by molar-refractivity contribution is 5.81. The van der Waals surface area contributed by atoms with E-state index in [0.29, 0.717) is 29.5 Å². The number of carbonyl (C=O) groups is 1. The minimum atomic E-state index is 0.353. The first-order valence-electron chi connectivity index (χ1n) is 6.94. The molecule has 0 heterocycles. The van der Waals surface area contributed by atoms with Crippen molar-refractivity contribution in [1.82, 2.24) is 0 Å². The minimum Gasteiger partial charge on any atom is -0.299 e. The molecule has 0 amide bonds. The Hall–Kier alpha value is -0.330. The number of carbonyl (C=O) groups excluding carboxylic acids is 1. The number of rotatable bonds is 4. The quantitative estimate of drug-likeness (QED) is 0.695. The Morgan fingerprint density at radius 3 is 2.31 bits per heavy atom. The van der Waals surface area contributed by atoms with Gasteiger partial charge in [0, 0.05) is 12.3 Å². The van der Waals surface area contributed by atoms with Crippen LogP contribution in [0.2, 0.25) is 0 Å². The maximum absolute atomic E-state index is 12.3. The van der Waals surface area contributed by atoms with Gasteiger partial charge in [-0.2, -0.15) is 0 Å². The van der Waals surface area contributed by atoms with Gasteiger partial charge < -0.3 is 0 Å². The monoisotopic (exact) mass is 224 g/mol. The van der Waals surface area contributed by atoms with Gasteiger partial charge in [0.1, 0.15) is 5.78 Å². The van der Waals surface area contributed by atoms with Crippen molar-refractivity contribution in [2.24, 2.45) is 29.6 Å². The molecular formula is C15H28O. The molecule has 0 aromatic carbocycles. The molecule has 1 aliphatic carbocycles. The van der Waals surface area contributed by atoms with Gasteiger partial charge in [0.15, 0.2) is 0 Å². The molecule has 0 spiro atoms. The van der Waals surface area contributed by atoms with Crippen LogP contribution in [-0.2, 0) is 4.79 Å². The molecule has 1 saturated carbocycles. The molecule has 1 heteroatoms. The van der Waals surface area contributed by atoms with Crippen LogP contribution < -0.4 is 0 Å². The van der Waals surface area contributed by atoms with Gasteiger partial charge in [-0.1, -0.05) is 41.0 Å². The summed E-state index contributed by atoms with van der Waals surface area (Å²) in [7, 11) is 0. The SMILES string of the molecule is CC(C)CC(=O)C1CC(C)CCC1C(C)C. The van der Waals surface area contributed by atoms with Gasteiger partial charge in [-0.15, -0.1) is 0 Å². The van der Waals surface area contributed by atoms with Crippen LogP contribution in [0.4, 0.5) is 0 Å². The molecule has 94 valence electrons. The lowest BCUT2D eigenvalue weighted by atomic mass is 9.68. The molecule has 1 aliphatic rings. The summed E-state index contributed by atoms with van der Waals surface area (Å²) in [6.45, 7) is 11.1. The zero-order valence-corrected chi connectivity index (χ0v) is 11.6. The van der Waals surface area contributed by atoms with Crippen molar-refractivity contribution in [3.8, 4) is 0 Å². The lowest BCUT2D eigenvalue weighted by Crippen LogP contribution is -2.33. The molecule has 0 bridgehead atoms. The Morgan fingerprint density at radius 1 is 1.19 bits per heavy atom. The van der Waals surface area contributed by atoms with E-state index in [0.717, 1.165) is 18.8 Å². The molecule has 0 aliphatic heterocycles. The second-order valence-corrected chi connectivity index (χ2v) is 6.50. The maximum atomic E-state index is 12.3. The zero-order valence-electron chi connectivity index (χ0n) is 11.6. The molecule has 3 unspecified atom stereocenters. The molecule has 1 fully saturated rings. The number of ketones is 1. The van der Waals surface area contributed by atoms with Crippen molar-refractivity contribution >= 4 is 5.78 Å². The van der Waals surface area contributed by atoms with Crippen LogP contribution in [-0.4, -0.2) is 5.78 Å². The third-order valence-electron chi connectivity index (χ3n) is 4.05. The van der Waals surface area contributed by atoms with Crippen molar-refractivity contribution in [3.63, 3.8) is 0 Å². The first-order chi connectivity index (χ1) is 7.41. The van der Waals surface area contributed by atoms with E-state index in [2.05, 4.69) is 34.6 Å². The largest absolute Gasteiger partial charge is 0.299 e. The Bertz CT molecular complexity index is 230. The van der Waals surface area contributed by atoms with E-state index in [1.807, 2.05) is 0 Å². The lowest BCUT2D eigenvalue weighted by molar-refractivity contribution is -0.127. The number of Topliss-reactive ketones (excluding diaryl/α,β-unsaturated/α-hetero) is 1. The highest BCUT2D eigenvalue weighted by Crippen LogP contribution is 2.39. The lowest BCUT2D eigenvalue weighted by Gasteiger charge is -2.36. The van der Waals surface area contributed by atoms with Gasteiger partial charge in [-0.25, -0.2) is 0 Å². The smallest absolute Gasteiger partial charge is 0.136 e. The molecule has 1 nitrogen and oxygen atoms in total. The fraction of sp³-hybridized carbons (Fsp3) is 0.933. The van der Waals surface area contributed by atoms with Crippen molar-refractivity contribution < 1.29 is 4.79 Å². The van der Waals surface area contributed by atoms with E-state index in [9.17, 15) is 4.79 Å². The van der Waals surface area contributed by atoms with E-state index in [-0.39, 0.29) is 0 Å². The normalized spacial score (nSPS) is 31.1. The van der Waals surface area contributed by atoms with E-state index >= 15 is 0 Å². The fourth-order valence-corrected chi connectivity index (χ4v) is 3.13. The average molecular weight is 224 g/mol. The second-order valence-electron chi connectivity index (χ2n) is 6.50. The van der Waals surface area contributed by atoms with Crippen LogP contribution in [0.1, 0.15) is 60.3 Å². The summed E-state index contributed by atoms with van der Waals surface area (Å²) in [6, 6.07) is 0. The summed E-state index contributed by atoms with van der Waals surface area (Å²) < 4.78 is 0. The van der Waals surface area contributed by atoms with Gasteiger partial charge in [-0.3, -0.25) is 4.79 Å². The first kappa shape index (κ1) is 13.7. The van der Waals surface area contributed by atoms with Crippen LogP contribution in [0.25, 0.3) is 0 Å². The van der Waals surface area contributed by atoms with Gasteiger partial charge in [0.2, 0.25) is 0 Å². The van der Waals surface area contributed by atoms with E-state index < -0.39 is 0 Å². The van der Waals surface area contributed by atoms with Gasteiger partial charge in [-0.05, 0) is 36.5 Å². The number of hydrogen-bond acceptors (Lipinski definition) is 1. The van der Waals surface area contributed by atoms with Crippen LogP contribution in [0.3, 0.4) is 0 Å². The Morgan fingerprint density at radius 2 is 1.81 bits per heavy atom. The van der Waals surface area contributed by atoms with Crippen LogP contribution in [0, 0.1) is 29.6 Å². The predicted octanol–water partition coefficient (Wildman–Crippen LogP) is 4.31. The van der Waals surface area contributed by atoms with Crippen molar-refractivity contribution in [2.75, 3.05) is 0 Å². The standard InChI is InChI=1S/C15H28O/c1-10(2)8-15(16)14-9-12(5)6-7-13(14)11(3)4/h10-14H,6-9H2,1-5H3. The maximum Gasteiger partial charge on any atom is 0.136 e. The average Bonchev–Trinajstić information content (AvgIpc) is 2.15. The van der Waals surface area contributed by atoms with Crippen LogP contribution in [0.5, 0.6) is 0 Å². The predicted molar refractivity (Wildman–Crippen MR) is 69.3 cm³/mol. The molecule has 0 aromatic heterocycles. The van der Waals surface area contributed by atoms with Crippen molar-refractivity contribution in [3.05, 3.63) is 0 Å². The van der Waals surface area contributed by atoms with Crippen molar-refractivity contribution in [2.45, 2.75) is 60.3 Å². The first-order valence-corrected chi connectivity index (χ1v) is 6.94. The molecule has 1 rings (SSSR count). The summed E-state index contributed by atoms with van der Waals surface area (Å²) >= 11 is 0. The highest BCUT2D eigenvalue weighted by Gasteiger charge is 2.34. The third-order valence-corrected chi connectivity index (χ3v) is 4.05. The molecule has 3 atom stereocenters. The van der Waals surface area contributed by atoms with Gasteiger partial charge in [0.05, 0.1) is 0 Å². The fourth-order valence-electron chi connectivity index (χ4n) is 3.13. The van der Waals surface area contributed by atoms with E-state index in [1.54, 1.807) is 0 Å². The van der Waals surface area contributed by atoms with E-state index in [4.69, 9.17) is 0 Å². The molecule has 0 radical (unpaired) electrons. The highest BCUT2D eigenvalue weighted by atomic mass is 16.1. The Labute approximate surface area is 101 Å². The molecular weight excluding hydrogens is 196 g/mol. The number of hydrogen-bond donors (Lipinski definition) is 0. The minimum absolute atomic E-state index is 0.353. The molecule has 0 saturated heterocycles. The van der Waals surface area contributed by atoms with Crippen LogP contribution in [0.15, 0.2) is 0 Å². The van der Waals surface area contributed by atoms with Crippen LogP contribution >= 0.6 is 0 Å². The van der Waals surface area contributed by atoms with E-state index in [1.165, 1.54) is 12.8 Å². The summed E-state index contributed by atoms with van der Waals surface area (Å²) in [5.74, 6) is 3.44. The molecule has 16 heavy (non-hydrogen) atoms. The Kier molecular flexibility index (Phi) is 5.01. The molecule has 0 aromatic rings. The zero-order chi connectivity index (χ0) is 12.3. The molecule has 0 N–H and O–H groups in total. The summed E-state index contributed by atoms with van der Waals surface area (Å²) in [4.78, 5) is 12.3. The van der Waals surface area contributed by atoms with Crippen molar-refractivity contribution in [1.29, 1.82) is 0 Å². The third kappa shape index (κ3) is 3.61. The Balaban J connectivity index is 2.67. The summed E-state index contributed by atoms with van der Waals surface area (Å²) in [5.41, 5.74) is 0. The summed E-state index contributed by atoms with van der Waals surface area (Å²) in [6.07, 6.45) is 4.48. The van der Waals surface area contributed by atoms with Gasteiger partial charge >= 0.3 is 0 Å².